The van der Waals surface area contributed by atoms with Crippen molar-refractivity contribution in [3.8, 4) is 5.75 Å². The van der Waals surface area contributed by atoms with Gasteiger partial charge in [-0.2, -0.15) is 0 Å². The van der Waals surface area contributed by atoms with Crippen molar-refractivity contribution in [1.82, 2.24) is 9.97 Å². The second-order valence-electron chi connectivity index (χ2n) is 4.19. The molecule has 0 radical (unpaired) electrons. The van der Waals surface area contributed by atoms with Gasteiger partial charge in [-0.1, -0.05) is 34.1 Å². The molecule has 0 spiro atoms. The highest BCUT2D eigenvalue weighted by atomic mass is 79.9. The summed E-state index contributed by atoms with van der Waals surface area (Å²) < 4.78 is 5.34. The maximum Gasteiger partial charge on any atom is 0.225 e. The molecule has 4 nitrogen and oxygen atoms in total. The Bertz CT molecular complexity index is 530. The summed E-state index contributed by atoms with van der Waals surface area (Å²) in [5.74, 6) is 1.59. The summed E-state index contributed by atoms with van der Waals surface area (Å²) in [5, 5.41) is 0.767. The fourth-order valence-electron chi connectivity index (χ4n) is 1.77. The van der Waals surface area contributed by atoms with Crippen LogP contribution in [0.1, 0.15) is 11.1 Å². The summed E-state index contributed by atoms with van der Waals surface area (Å²) in [6, 6.07) is 7.96. The Kier molecular flexibility index (Phi) is 4.74. The van der Waals surface area contributed by atoms with Gasteiger partial charge in [0.15, 0.2) is 0 Å². The molecule has 0 aliphatic heterocycles. The van der Waals surface area contributed by atoms with Gasteiger partial charge in [0.1, 0.15) is 5.75 Å². The average molecular weight is 322 g/mol. The van der Waals surface area contributed by atoms with E-state index in [0.29, 0.717) is 12.5 Å². The molecular formula is C14H16BrN3O. The molecule has 0 aliphatic carbocycles. The van der Waals surface area contributed by atoms with E-state index in [1.54, 1.807) is 7.11 Å². The van der Waals surface area contributed by atoms with Crippen molar-refractivity contribution in [2.75, 3.05) is 19.1 Å². The first-order valence-corrected chi connectivity index (χ1v) is 7.06. The molecule has 100 valence electrons. The Morgan fingerprint density at radius 1 is 1.21 bits per heavy atom. The minimum absolute atomic E-state index is 0.704. The lowest BCUT2D eigenvalue weighted by molar-refractivity contribution is 0.409. The van der Waals surface area contributed by atoms with Crippen LogP contribution in [0.4, 0.5) is 5.95 Å². The molecule has 0 fully saturated rings. The minimum Gasteiger partial charge on any atom is -0.496 e. The fraction of sp³-hybridized carbons (Fsp3) is 0.286. The van der Waals surface area contributed by atoms with E-state index in [1.807, 2.05) is 48.6 Å². The second-order valence-corrected chi connectivity index (χ2v) is 4.75. The predicted octanol–water partition coefficient (Wildman–Crippen LogP) is 3.02. The Labute approximate surface area is 121 Å². The zero-order chi connectivity index (χ0) is 13.7. The largest absolute Gasteiger partial charge is 0.496 e. The number of hydrogen-bond acceptors (Lipinski definition) is 4. The number of benzene rings is 1. The monoisotopic (exact) mass is 321 g/mol. The third-order valence-electron chi connectivity index (χ3n) is 2.79. The maximum atomic E-state index is 5.34. The Balaban J connectivity index is 2.13. The van der Waals surface area contributed by atoms with Crippen LogP contribution in [0.2, 0.25) is 0 Å². The van der Waals surface area contributed by atoms with E-state index in [9.17, 15) is 0 Å². The normalized spacial score (nSPS) is 10.3. The highest BCUT2D eigenvalue weighted by Gasteiger charge is 2.08. The number of ether oxygens (including phenoxy) is 1. The van der Waals surface area contributed by atoms with Crippen LogP contribution in [0.5, 0.6) is 5.75 Å². The van der Waals surface area contributed by atoms with Crippen molar-refractivity contribution < 1.29 is 4.74 Å². The first-order valence-electron chi connectivity index (χ1n) is 5.94. The number of alkyl halides is 1. The van der Waals surface area contributed by atoms with Crippen LogP contribution in [-0.2, 0) is 11.9 Å². The Hall–Kier alpha value is -1.62. The van der Waals surface area contributed by atoms with Crippen molar-refractivity contribution in [1.29, 1.82) is 0 Å². The zero-order valence-corrected chi connectivity index (χ0v) is 12.6. The number of rotatable bonds is 5. The number of hydrogen-bond donors (Lipinski definition) is 0. The van der Waals surface area contributed by atoms with Crippen molar-refractivity contribution in [3.63, 3.8) is 0 Å². The van der Waals surface area contributed by atoms with Crippen LogP contribution in [0.3, 0.4) is 0 Å². The van der Waals surface area contributed by atoms with E-state index in [0.717, 1.165) is 22.2 Å². The molecule has 0 bridgehead atoms. The topological polar surface area (TPSA) is 38.2 Å². The molecule has 0 N–H and O–H groups in total. The van der Waals surface area contributed by atoms with Gasteiger partial charge in [0, 0.05) is 36.9 Å². The molecule has 0 aliphatic rings. The summed E-state index contributed by atoms with van der Waals surface area (Å²) >= 11 is 3.38. The van der Waals surface area contributed by atoms with Crippen LogP contribution < -0.4 is 9.64 Å². The molecule has 2 aromatic rings. The Morgan fingerprint density at radius 2 is 1.89 bits per heavy atom. The number of methoxy groups -OCH3 is 1. The molecule has 1 heterocycles. The van der Waals surface area contributed by atoms with Crippen molar-refractivity contribution >= 4 is 21.9 Å². The summed E-state index contributed by atoms with van der Waals surface area (Å²) in [6.07, 6.45) is 3.66. The molecule has 19 heavy (non-hydrogen) atoms. The molecule has 0 saturated heterocycles. The van der Waals surface area contributed by atoms with Crippen molar-refractivity contribution in [2.24, 2.45) is 0 Å². The van der Waals surface area contributed by atoms with Crippen LogP contribution in [0.15, 0.2) is 36.7 Å². The van der Waals surface area contributed by atoms with Gasteiger partial charge >= 0.3 is 0 Å². The van der Waals surface area contributed by atoms with Crippen molar-refractivity contribution in [2.45, 2.75) is 11.9 Å². The second kappa shape index (κ2) is 6.52. The van der Waals surface area contributed by atoms with Gasteiger partial charge in [-0.05, 0) is 11.6 Å². The van der Waals surface area contributed by atoms with Crippen LogP contribution in [-0.4, -0.2) is 24.1 Å². The predicted molar refractivity (Wildman–Crippen MR) is 79.8 cm³/mol. The van der Waals surface area contributed by atoms with E-state index in [2.05, 4.69) is 25.9 Å². The first-order chi connectivity index (χ1) is 9.24. The van der Waals surface area contributed by atoms with Gasteiger partial charge < -0.3 is 9.64 Å². The first kappa shape index (κ1) is 13.8. The van der Waals surface area contributed by atoms with E-state index >= 15 is 0 Å². The van der Waals surface area contributed by atoms with Gasteiger partial charge in [-0.15, -0.1) is 0 Å². The standard InChI is InChI=1S/C14H16BrN3O/c1-18(14-16-8-11(7-15)9-17-14)10-12-5-3-4-6-13(12)19-2/h3-6,8-9H,7,10H2,1-2H3. The fourth-order valence-corrected chi connectivity index (χ4v) is 2.06. The maximum absolute atomic E-state index is 5.34. The number of nitrogens with zero attached hydrogens (tertiary/aromatic N) is 3. The van der Waals surface area contributed by atoms with E-state index in [4.69, 9.17) is 4.74 Å². The van der Waals surface area contributed by atoms with E-state index in [1.165, 1.54) is 0 Å². The minimum atomic E-state index is 0.704. The lowest BCUT2D eigenvalue weighted by Gasteiger charge is -2.18. The summed E-state index contributed by atoms with van der Waals surface area (Å²) in [4.78, 5) is 10.7. The van der Waals surface area contributed by atoms with Gasteiger partial charge in [0.2, 0.25) is 5.95 Å². The van der Waals surface area contributed by atoms with E-state index in [-0.39, 0.29) is 0 Å². The summed E-state index contributed by atoms with van der Waals surface area (Å²) in [6.45, 7) is 0.706. The molecule has 0 unspecified atom stereocenters. The van der Waals surface area contributed by atoms with Crippen LogP contribution >= 0.6 is 15.9 Å². The van der Waals surface area contributed by atoms with Gasteiger partial charge in [0.25, 0.3) is 0 Å². The summed E-state index contributed by atoms with van der Waals surface area (Å²) in [7, 11) is 3.65. The zero-order valence-electron chi connectivity index (χ0n) is 11.0. The molecule has 0 saturated carbocycles. The van der Waals surface area contributed by atoms with E-state index < -0.39 is 0 Å². The number of para-hydroxylation sites is 1. The summed E-state index contributed by atoms with van der Waals surface area (Å²) in [5.41, 5.74) is 2.18. The molecule has 2 rings (SSSR count). The quantitative estimate of drug-likeness (QED) is 0.793. The third-order valence-corrected chi connectivity index (χ3v) is 3.43. The molecule has 1 aromatic carbocycles. The highest BCUT2D eigenvalue weighted by molar-refractivity contribution is 9.08. The smallest absolute Gasteiger partial charge is 0.225 e. The molecule has 0 amide bonds. The molecule has 0 atom stereocenters. The lowest BCUT2D eigenvalue weighted by atomic mass is 10.2. The third kappa shape index (κ3) is 3.44. The average Bonchev–Trinajstić information content (AvgIpc) is 2.48. The molecule has 5 heteroatoms. The number of anilines is 1. The van der Waals surface area contributed by atoms with Crippen molar-refractivity contribution in [3.05, 3.63) is 47.8 Å². The van der Waals surface area contributed by atoms with Crippen LogP contribution in [0, 0.1) is 0 Å². The van der Waals surface area contributed by atoms with Gasteiger partial charge in [-0.25, -0.2) is 9.97 Å². The van der Waals surface area contributed by atoms with Crippen LogP contribution in [0.25, 0.3) is 0 Å². The molecular weight excluding hydrogens is 306 g/mol. The SMILES string of the molecule is COc1ccccc1CN(C)c1ncc(CBr)cn1. The van der Waals surface area contributed by atoms with Gasteiger partial charge in [0.05, 0.1) is 7.11 Å². The molecule has 1 aromatic heterocycles. The lowest BCUT2D eigenvalue weighted by Crippen LogP contribution is -2.19. The highest BCUT2D eigenvalue weighted by Crippen LogP contribution is 2.20. The van der Waals surface area contributed by atoms with Gasteiger partial charge in [-0.3, -0.25) is 0 Å². The number of halogens is 1. The Morgan fingerprint density at radius 3 is 2.53 bits per heavy atom. The number of aromatic nitrogens is 2.